The van der Waals surface area contributed by atoms with Crippen molar-refractivity contribution in [1.29, 1.82) is 0 Å². The van der Waals surface area contributed by atoms with E-state index in [1.807, 2.05) is 13.8 Å². The summed E-state index contributed by atoms with van der Waals surface area (Å²) in [5.74, 6) is 0.351. The molecule has 1 aromatic carbocycles. The highest BCUT2D eigenvalue weighted by Gasteiger charge is 2.22. The zero-order valence-electron chi connectivity index (χ0n) is 15.1. The molecule has 0 bridgehead atoms. The molecule has 25 heavy (non-hydrogen) atoms. The molecule has 138 valence electrons. The molecule has 0 spiro atoms. The molecule has 1 unspecified atom stereocenters. The Kier molecular flexibility index (Phi) is 7.40. The van der Waals surface area contributed by atoms with Crippen LogP contribution < -0.4 is 4.74 Å². The predicted molar refractivity (Wildman–Crippen MR) is 94.9 cm³/mol. The van der Waals surface area contributed by atoms with Crippen molar-refractivity contribution in [2.75, 3.05) is 26.2 Å². The Morgan fingerprint density at radius 2 is 1.88 bits per heavy atom. The lowest BCUT2D eigenvalue weighted by molar-refractivity contribution is -0.176. The number of hydrogen-bond acceptors (Lipinski definition) is 5. The van der Waals surface area contributed by atoms with Crippen LogP contribution in [0.4, 0.5) is 0 Å². The third-order valence-electron chi connectivity index (χ3n) is 4.48. The van der Waals surface area contributed by atoms with Crippen LogP contribution in [0, 0.1) is 0 Å². The molecule has 6 heteroatoms. The summed E-state index contributed by atoms with van der Waals surface area (Å²) in [7, 11) is 0. The van der Waals surface area contributed by atoms with E-state index in [0.717, 1.165) is 18.2 Å². The number of benzene rings is 1. The van der Waals surface area contributed by atoms with E-state index in [2.05, 4.69) is 4.90 Å². The Morgan fingerprint density at radius 1 is 1.24 bits per heavy atom. The van der Waals surface area contributed by atoms with Crippen LogP contribution in [-0.4, -0.2) is 59.1 Å². The van der Waals surface area contributed by atoms with E-state index in [0.29, 0.717) is 24.3 Å². The molecule has 1 aromatic rings. The second-order valence-electron chi connectivity index (χ2n) is 6.49. The summed E-state index contributed by atoms with van der Waals surface area (Å²) >= 11 is 0. The number of carbonyl (C=O) groups excluding carboxylic acids is 2. The topological polar surface area (TPSA) is 70.1 Å². The van der Waals surface area contributed by atoms with Gasteiger partial charge in [0.25, 0.3) is 0 Å². The Morgan fingerprint density at radius 3 is 2.48 bits per heavy atom. The van der Waals surface area contributed by atoms with Crippen LogP contribution in [0.2, 0.25) is 0 Å². The smallest absolute Gasteiger partial charge is 0.249 e. The molecular weight excluding hydrogens is 320 g/mol. The molecular formula is C19H28N2O4. The monoisotopic (exact) mass is 348 g/mol. The van der Waals surface area contributed by atoms with Crippen LogP contribution in [0.5, 0.6) is 5.75 Å². The molecule has 6 nitrogen and oxygen atoms in total. The average Bonchev–Trinajstić information content (AvgIpc) is 3.13. The highest BCUT2D eigenvalue weighted by atomic mass is 16.5. The summed E-state index contributed by atoms with van der Waals surface area (Å²) in [6.45, 7) is 6.62. The van der Waals surface area contributed by atoms with Gasteiger partial charge in [0.05, 0.1) is 19.1 Å². The summed E-state index contributed by atoms with van der Waals surface area (Å²) in [4.78, 5) is 25.9. The highest BCUT2D eigenvalue weighted by Crippen LogP contribution is 2.14. The van der Waals surface area contributed by atoms with Gasteiger partial charge in [-0.05, 0) is 57.1 Å². The number of ketones is 1. The van der Waals surface area contributed by atoms with Crippen molar-refractivity contribution < 1.29 is 19.5 Å². The molecule has 1 atom stereocenters. The minimum absolute atomic E-state index is 0.0876. The largest absolute Gasteiger partial charge is 0.493 e. The average molecular weight is 348 g/mol. The fourth-order valence-corrected chi connectivity index (χ4v) is 2.97. The van der Waals surface area contributed by atoms with Crippen molar-refractivity contribution in [2.45, 2.75) is 45.6 Å². The van der Waals surface area contributed by atoms with E-state index in [4.69, 9.17) is 4.74 Å². The van der Waals surface area contributed by atoms with Crippen LogP contribution in [0.25, 0.3) is 0 Å². The second kappa shape index (κ2) is 9.53. The number of nitrogens with zero attached hydrogens (tertiary/aromatic N) is 2. The molecule has 1 heterocycles. The number of Topliss-reactive ketones (excluding diaryl/α,β-unsaturated/α-hetero) is 1. The minimum Gasteiger partial charge on any atom is -0.493 e. The minimum atomic E-state index is -0.343. The quantitative estimate of drug-likeness (QED) is 0.422. The molecule has 0 aliphatic carbocycles. The van der Waals surface area contributed by atoms with Gasteiger partial charge in [0.1, 0.15) is 5.75 Å². The molecule has 1 aliphatic heterocycles. The summed E-state index contributed by atoms with van der Waals surface area (Å²) < 4.78 is 5.53. The standard InChI is InChI=1S/C19H28N2O4/c1-3-18(22)16-6-8-17(9-7-16)25-13-10-19(23)21(24)15(2)14-20-11-4-5-12-20/h6-9,15,24H,3-5,10-14H2,1-2H3. The first-order valence-electron chi connectivity index (χ1n) is 9.00. The number of hydroxylamine groups is 2. The van der Waals surface area contributed by atoms with Crippen molar-refractivity contribution in [3.63, 3.8) is 0 Å². The fourth-order valence-electron chi connectivity index (χ4n) is 2.97. The lowest BCUT2D eigenvalue weighted by Crippen LogP contribution is -2.43. The number of hydrogen-bond donors (Lipinski definition) is 1. The third kappa shape index (κ3) is 5.83. The van der Waals surface area contributed by atoms with Gasteiger partial charge in [-0.15, -0.1) is 0 Å². The maximum atomic E-state index is 12.1. The first-order valence-corrected chi connectivity index (χ1v) is 9.00. The van der Waals surface area contributed by atoms with Crippen LogP contribution in [0.1, 0.15) is 49.9 Å². The lowest BCUT2D eigenvalue weighted by Gasteiger charge is -2.26. The Hall–Kier alpha value is -1.92. The molecule has 1 fully saturated rings. The maximum absolute atomic E-state index is 12.1. The van der Waals surface area contributed by atoms with Crippen molar-refractivity contribution >= 4 is 11.7 Å². The SMILES string of the molecule is CCC(=O)c1ccc(OCCC(=O)N(O)C(C)CN2CCCC2)cc1. The summed E-state index contributed by atoms with van der Waals surface area (Å²) in [5, 5.41) is 10.9. The van der Waals surface area contributed by atoms with Gasteiger partial charge in [-0.2, -0.15) is 0 Å². The number of likely N-dealkylation sites (tertiary alicyclic amines) is 1. The van der Waals surface area contributed by atoms with E-state index in [1.165, 1.54) is 12.8 Å². The summed E-state index contributed by atoms with van der Waals surface area (Å²) in [6, 6.07) is 6.66. The molecule has 2 rings (SSSR count). The number of rotatable bonds is 9. The Labute approximate surface area is 149 Å². The molecule has 1 N–H and O–H groups in total. The molecule has 0 aromatic heterocycles. The van der Waals surface area contributed by atoms with Crippen molar-refractivity contribution in [1.82, 2.24) is 9.96 Å². The van der Waals surface area contributed by atoms with E-state index in [-0.39, 0.29) is 30.8 Å². The van der Waals surface area contributed by atoms with Gasteiger partial charge in [-0.1, -0.05) is 6.92 Å². The number of amides is 1. The van der Waals surface area contributed by atoms with Crippen LogP contribution in [-0.2, 0) is 4.79 Å². The molecule has 0 saturated carbocycles. The van der Waals surface area contributed by atoms with E-state index >= 15 is 0 Å². The fraction of sp³-hybridized carbons (Fsp3) is 0.579. The van der Waals surface area contributed by atoms with Gasteiger partial charge in [0, 0.05) is 18.5 Å². The van der Waals surface area contributed by atoms with Crippen molar-refractivity contribution in [3.05, 3.63) is 29.8 Å². The van der Waals surface area contributed by atoms with Crippen molar-refractivity contribution in [3.8, 4) is 5.75 Å². The molecule has 1 amide bonds. The van der Waals surface area contributed by atoms with E-state index in [9.17, 15) is 14.8 Å². The Balaban J connectivity index is 1.72. The first-order chi connectivity index (χ1) is 12.0. The van der Waals surface area contributed by atoms with E-state index < -0.39 is 0 Å². The molecule has 1 saturated heterocycles. The zero-order chi connectivity index (χ0) is 18.2. The van der Waals surface area contributed by atoms with Crippen LogP contribution in [0.15, 0.2) is 24.3 Å². The van der Waals surface area contributed by atoms with Crippen LogP contribution >= 0.6 is 0 Å². The normalized spacial score (nSPS) is 15.8. The lowest BCUT2D eigenvalue weighted by atomic mass is 10.1. The summed E-state index contributed by atoms with van der Waals surface area (Å²) in [5.41, 5.74) is 0.656. The zero-order valence-corrected chi connectivity index (χ0v) is 15.1. The number of ether oxygens (including phenoxy) is 1. The molecule has 1 aliphatic rings. The van der Waals surface area contributed by atoms with Gasteiger partial charge in [0.15, 0.2) is 5.78 Å². The van der Waals surface area contributed by atoms with Gasteiger partial charge in [0.2, 0.25) is 5.91 Å². The van der Waals surface area contributed by atoms with E-state index in [1.54, 1.807) is 24.3 Å². The predicted octanol–water partition coefficient (Wildman–Crippen LogP) is 2.75. The molecule has 0 radical (unpaired) electrons. The highest BCUT2D eigenvalue weighted by molar-refractivity contribution is 5.95. The van der Waals surface area contributed by atoms with Gasteiger partial charge < -0.3 is 9.64 Å². The Bertz CT molecular complexity index is 567. The van der Waals surface area contributed by atoms with Gasteiger partial charge in [-0.25, -0.2) is 5.06 Å². The maximum Gasteiger partial charge on any atom is 0.249 e. The van der Waals surface area contributed by atoms with Gasteiger partial charge >= 0.3 is 0 Å². The van der Waals surface area contributed by atoms with Crippen LogP contribution in [0.3, 0.4) is 0 Å². The van der Waals surface area contributed by atoms with Crippen molar-refractivity contribution in [2.24, 2.45) is 0 Å². The first kappa shape index (κ1) is 19.4. The summed E-state index contributed by atoms with van der Waals surface area (Å²) in [6.07, 6.45) is 2.94. The number of carbonyl (C=O) groups is 2. The van der Waals surface area contributed by atoms with Gasteiger partial charge in [-0.3, -0.25) is 14.8 Å². The third-order valence-corrected chi connectivity index (χ3v) is 4.48. The second-order valence-corrected chi connectivity index (χ2v) is 6.49.